The fourth-order valence-electron chi connectivity index (χ4n) is 2.84. The maximum Gasteiger partial charge on any atom is 0.168 e. The van der Waals surface area contributed by atoms with Gasteiger partial charge >= 0.3 is 0 Å². The first-order chi connectivity index (χ1) is 9.58. The minimum absolute atomic E-state index is 0.334. The van der Waals surface area contributed by atoms with Crippen molar-refractivity contribution in [3.05, 3.63) is 27.2 Å². The van der Waals surface area contributed by atoms with E-state index in [1.165, 1.54) is 0 Å². The van der Waals surface area contributed by atoms with E-state index in [0.717, 1.165) is 31.4 Å². The van der Waals surface area contributed by atoms with Crippen molar-refractivity contribution in [3.63, 3.8) is 0 Å². The standard InChI is InChI=1S/C14H16Cl3NO2/c15-10-7-12(17)13(8-11(10)16)18-9-1-3-14(4-2-9)19-5-6-20-14/h7-9,18H,1-6H2. The molecule has 1 aliphatic heterocycles. The summed E-state index contributed by atoms with van der Waals surface area (Å²) < 4.78 is 11.4. The van der Waals surface area contributed by atoms with Crippen LogP contribution in [-0.2, 0) is 9.47 Å². The van der Waals surface area contributed by atoms with Gasteiger partial charge in [-0.15, -0.1) is 0 Å². The topological polar surface area (TPSA) is 30.5 Å². The zero-order valence-corrected chi connectivity index (χ0v) is 13.2. The molecule has 6 heteroatoms. The van der Waals surface area contributed by atoms with E-state index in [2.05, 4.69) is 5.32 Å². The molecule has 2 fully saturated rings. The third-order valence-electron chi connectivity index (χ3n) is 3.93. The predicted octanol–water partition coefficient (Wildman–Crippen LogP) is 4.74. The first-order valence-electron chi connectivity index (χ1n) is 6.77. The van der Waals surface area contributed by atoms with Crippen LogP contribution in [0.15, 0.2) is 12.1 Å². The maximum atomic E-state index is 6.19. The smallest absolute Gasteiger partial charge is 0.168 e. The second-order valence-corrected chi connectivity index (χ2v) is 6.49. The molecular formula is C14H16Cl3NO2. The molecule has 0 unspecified atom stereocenters. The molecule has 0 aromatic heterocycles. The van der Waals surface area contributed by atoms with Gasteiger partial charge in [0.15, 0.2) is 5.79 Å². The van der Waals surface area contributed by atoms with E-state index in [9.17, 15) is 0 Å². The first-order valence-corrected chi connectivity index (χ1v) is 7.90. The molecule has 1 spiro atoms. The van der Waals surface area contributed by atoms with Crippen LogP contribution in [0.4, 0.5) is 5.69 Å². The van der Waals surface area contributed by atoms with Gasteiger partial charge in [-0.05, 0) is 25.0 Å². The van der Waals surface area contributed by atoms with Crippen molar-refractivity contribution >= 4 is 40.5 Å². The second-order valence-electron chi connectivity index (χ2n) is 5.27. The van der Waals surface area contributed by atoms with Gasteiger partial charge < -0.3 is 14.8 Å². The molecule has 1 saturated carbocycles. The van der Waals surface area contributed by atoms with E-state index < -0.39 is 0 Å². The Bertz CT molecular complexity index is 493. The number of hydrogen-bond donors (Lipinski definition) is 1. The van der Waals surface area contributed by atoms with Crippen LogP contribution in [0.1, 0.15) is 25.7 Å². The average molecular weight is 337 g/mol. The zero-order valence-electron chi connectivity index (χ0n) is 10.9. The van der Waals surface area contributed by atoms with E-state index in [0.29, 0.717) is 34.3 Å². The fraction of sp³-hybridized carbons (Fsp3) is 0.571. The normalized spacial score (nSPS) is 22.4. The molecule has 1 heterocycles. The number of nitrogens with one attached hydrogen (secondary N) is 1. The highest BCUT2D eigenvalue weighted by molar-refractivity contribution is 6.44. The van der Waals surface area contributed by atoms with Crippen molar-refractivity contribution < 1.29 is 9.47 Å². The van der Waals surface area contributed by atoms with Crippen LogP contribution in [0.5, 0.6) is 0 Å². The van der Waals surface area contributed by atoms with Crippen LogP contribution in [0.2, 0.25) is 15.1 Å². The van der Waals surface area contributed by atoms with Gasteiger partial charge in [-0.1, -0.05) is 34.8 Å². The Balaban J connectivity index is 1.63. The van der Waals surface area contributed by atoms with Crippen LogP contribution in [0.3, 0.4) is 0 Å². The van der Waals surface area contributed by atoms with Crippen LogP contribution in [-0.4, -0.2) is 25.0 Å². The van der Waals surface area contributed by atoms with Crippen molar-refractivity contribution in [2.24, 2.45) is 0 Å². The van der Waals surface area contributed by atoms with Crippen LogP contribution in [0.25, 0.3) is 0 Å². The molecule has 1 aliphatic carbocycles. The molecule has 1 aromatic carbocycles. The molecule has 0 bridgehead atoms. The number of hydrogen-bond acceptors (Lipinski definition) is 3. The van der Waals surface area contributed by atoms with Gasteiger partial charge in [-0.25, -0.2) is 0 Å². The van der Waals surface area contributed by atoms with E-state index in [1.807, 2.05) is 0 Å². The molecule has 110 valence electrons. The maximum absolute atomic E-state index is 6.19. The van der Waals surface area contributed by atoms with Gasteiger partial charge in [0.05, 0.1) is 34.0 Å². The van der Waals surface area contributed by atoms with Crippen molar-refractivity contribution in [1.29, 1.82) is 0 Å². The Labute approximate surface area is 133 Å². The third kappa shape index (κ3) is 3.02. The fourth-order valence-corrected chi connectivity index (χ4v) is 3.44. The van der Waals surface area contributed by atoms with E-state index >= 15 is 0 Å². The lowest BCUT2D eigenvalue weighted by molar-refractivity contribution is -0.177. The molecule has 3 nitrogen and oxygen atoms in total. The lowest BCUT2D eigenvalue weighted by Gasteiger charge is -2.36. The monoisotopic (exact) mass is 335 g/mol. The van der Waals surface area contributed by atoms with Crippen molar-refractivity contribution in [2.45, 2.75) is 37.5 Å². The van der Waals surface area contributed by atoms with Gasteiger partial charge in [0.25, 0.3) is 0 Å². The van der Waals surface area contributed by atoms with E-state index in [4.69, 9.17) is 44.3 Å². The van der Waals surface area contributed by atoms with Crippen molar-refractivity contribution in [3.8, 4) is 0 Å². The molecule has 1 saturated heterocycles. The molecule has 0 radical (unpaired) electrons. The number of anilines is 1. The Morgan fingerprint density at radius 3 is 2.20 bits per heavy atom. The summed E-state index contributed by atoms with van der Waals surface area (Å²) in [7, 11) is 0. The molecule has 20 heavy (non-hydrogen) atoms. The predicted molar refractivity (Wildman–Crippen MR) is 82.0 cm³/mol. The highest BCUT2D eigenvalue weighted by Crippen LogP contribution is 2.38. The van der Waals surface area contributed by atoms with E-state index in [1.54, 1.807) is 12.1 Å². The number of benzene rings is 1. The second kappa shape index (κ2) is 5.90. The Morgan fingerprint density at radius 1 is 0.950 bits per heavy atom. The largest absolute Gasteiger partial charge is 0.381 e. The van der Waals surface area contributed by atoms with Gasteiger partial charge in [-0.2, -0.15) is 0 Å². The highest BCUT2D eigenvalue weighted by atomic mass is 35.5. The summed E-state index contributed by atoms with van der Waals surface area (Å²) in [6.45, 7) is 1.41. The summed E-state index contributed by atoms with van der Waals surface area (Å²) >= 11 is 18.2. The first kappa shape index (κ1) is 14.7. The molecular weight excluding hydrogens is 321 g/mol. The molecule has 1 N–H and O–H groups in total. The van der Waals surface area contributed by atoms with Gasteiger partial charge in [0.1, 0.15) is 0 Å². The van der Waals surface area contributed by atoms with Gasteiger partial charge in [0.2, 0.25) is 0 Å². The summed E-state index contributed by atoms with van der Waals surface area (Å²) in [5.41, 5.74) is 0.829. The summed E-state index contributed by atoms with van der Waals surface area (Å²) in [6, 6.07) is 3.80. The summed E-state index contributed by atoms with van der Waals surface area (Å²) in [5, 5.41) is 5.01. The molecule has 2 aliphatic rings. The lowest BCUT2D eigenvalue weighted by Crippen LogP contribution is -2.39. The molecule has 0 atom stereocenters. The summed E-state index contributed by atoms with van der Waals surface area (Å²) in [5.74, 6) is -0.334. The van der Waals surface area contributed by atoms with Crippen LogP contribution in [0, 0.1) is 0 Å². The van der Waals surface area contributed by atoms with Crippen molar-refractivity contribution in [1.82, 2.24) is 0 Å². The van der Waals surface area contributed by atoms with Crippen LogP contribution < -0.4 is 5.32 Å². The third-order valence-corrected chi connectivity index (χ3v) is 4.97. The summed E-state index contributed by atoms with van der Waals surface area (Å²) in [6.07, 6.45) is 3.78. The Kier molecular flexibility index (Phi) is 4.34. The average Bonchev–Trinajstić information content (AvgIpc) is 2.87. The number of rotatable bonds is 2. The zero-order chi connectivity index (χ0) is 14.2. The number of halogens is 3. The Hall–Kier alpha value is -0.190. The van der Waals surface area contributed by atoms with Gasteiger partial charge in [0, 0.05) is 18.9 Å². The van der Waals surface area contributed by atoms with Crippen LogP contribution >= 0.6 is 34.8 Å². The minimum Gasteiger partial charge on any atom is -0.381 e. The number of ether oxygens (including phenoxy) is 2. The quantitative estimate of drug-likeness (QED) is 0.791. The lowest BCUT2D eigenvalue weighted by atomic mass is 9.90. The van der Waals surface area contributed by atoms with Crippen molar-refractivity contribution in [2.75, 3.05) is 18.5 Å². The molecule has 3 rings (SSSR count). The molecule has 0 amide bonds. The Morgan fingerprint density at radius 2 is 1.55 bits per heavy atom. The van der Waals surface area contributed by atoms with E-state index in [-0.39, 0.29) is 5.79 Å². The SMILES string of the molecule is Clc1cc(Cl)c(NC2CCC3(CC2)OCCO3)cc1Cl. The summed E-state index contributed by atoms with van der Waals surface area (Å²) in [4.78, 5) is 0. The minimum atomic E-state index is -0.334. The highest BCUT2D eigenvalue weighted by Gasteiger charge is 2.40. The van der Waals surface area contributed by atoms with Gasteiger partial charge in [-0.3, -0.25) is 0 Å². The molecule has 1 aromatic rings.